The minimum Gasteiger partial charge on any atom is -0.381 e. The summed E-state index contributed by atoms with van der Waals surface area (Å²) in [5.41, 5.74) is 0.633. The van der Waals surface area contributed by atoms with Crippen LogP contribution in [0.3, 0.4) is 0 Å². The van der Waals surface area contributed by atoms with Crippen LogP contribution in [0.15, 0.2) is 12.3 Å². The minimum absolute atomic E-state index is 0.0342. The zero-order valence-corrected chi connectivity index (χ0v) is 9.72. The minimum atomic E-state index is 0.0342. The fraction of sp³-hybridized carbons (Fsp3) is 0.636. The number of ether oxygens (including phenoxy) is 1. The zero-order valence-electron chi connectivity index (χ0n) is 9.72. The molecular weight excluding hydrogens is 206 g/mol. The number of aromatic nitrogens is 2. The molecule has 0 spiro atoms. The van der Waals surface area contributed by atoms with Crippen molar-refractivity contribution in [2.45, 2.75) is 18.9 Å². The molecule has 2 heterocycles. The van der Waals surface area contributed by atoms with E-state index in [-0.39, 0.29) is 11.9 Å². The molecule has 1 amide bonds. The third-order valence-corrected chi connectivity index (χ3v) is 3.10. The first-order valence-corrected chi connectivity index (χ1v) is 5.53. The number of hydrogen-bond acceptors (Lipinski definition) is 3. The first-order valence-electron chi connectivity index (χ1n) is 5.53. The average molecular weight is 223 g/mol. The van der Waals surface area contributed by atoms with Gasteiger partial charge in [-0.2, -0.15) is 5.10 Å². The molecule has 5 heteroatoms. The van der Waals surface area contributed by atoms with E-state index in [1.807, 2.05) is 7.05 Å². The number of carbonyl (C=O) groups is 1. The van der Waals surface area contributed by atoms with Crippen LogP contribution >= 0.6 is 0 Å². The highest BCUT2D eigenvalue weighted by Crippen LogP contribution is 2.15. The van der Waals surface area contributed by atoms with Gasteiger partial charge in [-0.15, -0.1) is 0 Å². The number of amides is 1. The van der Waals surface area contributed by atoms with Crippen LogP contribution < -0.4 is 0 Å². The van der Waals surface area contributed by atoms with Crippen molar-refractivity contribution in [3.8, 4) is 0 Å². The van der Waals surface area contributed by atoms with Crippen molar-refractivity contribution in [2.75, 3.05) is 20.3 Å². The highest BCUT2D eigenvalue weighted by atomic mass is 16.5. The van der Waals surface area contributed by atoms with Crippen LogP contribution in [0.25, 0.3) is 0 Å². The summed E-state index contributed by atoms with van der Waals surface area (Å²) in [5.74, 6) is 0.0342. The van der Waals surface area contributed by atoms with Crippen molar-refractivity contribution in [3.63, 3.8) is 0 Å². The zero-order chi connectivity index (χ0) is 11.5. The maximum Gasteiger partial charge on any atom is 0.272 e. The smallest absolute Gasteiger partial charge is 0.272 e. The summed E-state index contributed by atoms with van der Waals surface area (Å²) < 4.78 is 6.90. The van der Waals surface area contributed by atoms with Gasteiger partial charge in [0.2, 0.25) is 0 Å². The summed E-state index contributed by atoms with van der Waals surface area (Å²) in [6, 6.07) is 2.04. The number of aryl methyl sites for hydroxylation is 1. The van der Waals surface area contributed by atoms with Crippen molar-refractivity contribution in [3.05, 3.63) is 18.0 Å². The van der Waals surface area contributed by atoms with Crippen LogP contribution in [-0.4, -0.2) is 46.9 Å². The summed E-state index contributed by atoms with van der Waals surface area (Å²) in [6.45, 7) is 1.49. The Bertz CT molecular complexity index is 369. The van der Waals surface area contributed by atoms with Crippen molar-refractivity contribution < 1.29 is 9.53 Å². The number of rotatable bonds is 2. The Balaban J connectivity index is 2.06. The maximum absolute atomic E-state index is 12.2. The second-order valence-corrected chi connectivity index (χ2v) is 4.10. The molecule has 5 nitrogen and oxygen atoms in total. The largest absolute Gasteiger partial charge is 0.381 e. The standard InChI is InChI=1S/C11H17N3O2/c1-13(9-4-7-16-8-5-9)11(15)10-3-6-12-14(10)2/h3,6,9H,4-5,7-8H2,1-2H3. The molecule has 0 N–H and O–H groups in total. The first kappa shape index (κ1) is 11.1. The lowest BCUT2D eigenvalue weighted by Gasteiger charge is -2.31. The summed E-state index contributed by atoms with van der Waals surface area (Å²) in [6.07, 6.45) is 3.48. The molecule has 1 fully saturated rings. The van der Waals surface area contributed by atoms with Gasteiger partial charge in [0.05, 0.1) is 0 Å². The van der Waals surface area contributed by atoms with E-state index < -0.39 is 0 Å². The molecule has 0 aromatic carbocycles. The van der Waals surface area contributed by atoms with Crippen molar-refractivity contribution in [1.29, 1.82) is 0 Å². The molecule has 0 bridgehead atoms. The Hall–Kier alpha value is -1.36. The van der Waals surface area contributed by atoms with Gasteiger partial charge < -0.3 is 9.64 Å². The van der Waals surface area contributed by atoms with E-state index in [2.05, 4.69) is 5.10 Å². The number of carbonyl (C=O) groups excluding carboxylic acids is 1. The highest BCUT2D eigenvalue weighted by Gasteiger charge is 2.24. The van der Waals surface area contributed by atoms with Gasteiger partial charge in [-0.1, -0.05) is 0 Å². The molecular formula is C11H17N3O2. The Kier molecular flexibility index (Phi) is 3.24. The molecule has 0 atom stereocenters. The normalized spacial score (nSPS) is 17.4. The summed E-state index contributed by atoms with van der Waals surface area (Å²) in [7, 11) is 3.64. The molecule has 0 radical (unpaired) electrons. The van der Waals surface area contributed by atoms with Crippen LogP contribution in [0, 0.1) is 0 Å². The van der Waals surface area contributed by atoms with Gasteiger partial charge in [0.15, 0.2) is 0 Å². The van der Waals surface area contributed by atoms with Gasteiger partial charge in [0.1, 0.15) is 5.69 Å². The fourth-order valence-corrected chi connectivity index (χ4v) is 2.00. The molecule has 2 rings (SSSR count). The second-order valence-electron chi connectivity index (χ2n) is 4.10. The average Bonchev–Trinajstić information content (AvgIpc) is 2.75. The third-order valence-electron chi connectivity index (χ3n) is 3.10. The van der Waals surface area contributed by atoms with Gasteiger partial charge in [-0.3, -0.25) is 9.48 Å². The Morgan fingerprint density at radius 2 is 2.25 bits per heavy atom. The fourth-order valence-electron chi connectivity index (χ4n) is 2.00. The molecule has 1 aromatic rings. The predicted octanol–water partition coefficient (Wildman–Crippen LogP) is 0.671. The maximum atomic E-state index is 12.2. The van der Waals surface area contributed by atoms with E-state index in [9.17, 15) is 4.79 Å². The quantitative estimate of drug-likeness (QED) is 0.740. The molecule has 1 saturated heterocycles. The molecule has 88 valence electrons. The molecule has 0 saturated carbocycles. The van der Waals surface area contributed by atoms with Crippen LogP contribution in [0.2, 0.25) is 0 Å². The van der Waals surface area contributed by atoms with E-state index in [4.69, 9.17) is 4.74 Å². The molecule has 1 aliphatic rings. The van der Waals surface area contributed by atoms with Gasteiger partial charge in [-0.25, -0.2) is 0 Å². The van der Waals surface area contributed by atoms with Crippen molar-refractivity contribution in [2.24, 2.45) is 7.05 Å². The molecule has 0 unspecified atom stereocenters. The lowest BCUT2D eigenvalue weighted by Crippen LogP contribution is -2.41. The first-order chi connectivity index (χ1) is 7.70. The Morgan fingerprint density at radius 1 is 1.56 bits per heavy atom. The Labute approximate surface area is 95.0 Å². The lowest BCUT2D eigenvalue weighted by molar-refractivity contribution is 0.0356. The van der Waals surface area contributed by atoms with E-state index in [0.29, 0.717) is 5.69 Å². The van der Waals surface area contributed by atoms with Crippen LogP contribution in [0.1, 0.15) is 23.3 Å². The summed E-state index contributed by atoms with van der Waals surface area (Å²) >= 11 is 0. The van der Waals surface area contributed by atoms with Gasteiger partial charge in [0.25, 0.3) is 5.91 Å². The second kappa shape index (κ2) is 4.65. The molecule has 16 heavy (non-hydrogen) atoms. The summed E-state index contributed by atoms with van der Waals surface area (Å²) in [4.78, 5) is 14.0. The lowest BCUT2D eigenvalue weighted by atomic mass is 10.1. The van der Waals surface area contributed by atoms with E-state index in [0.717, 1.165) is 26.1 Å². The SMILES string of the molecule is CN(C(=O)c1ccnn1C)C1CCOCC1. The molecule has 1 aliphatic heterocycles. The topological polar surface area (TPSA) is 47.4 Å². The van der Waals surface area contributed by atoms with Crippen LogP contribution in [0.5, 0.6) is 0 Å². The van der Waals surface area contributed by atoms with Crippen molar-refractivity contribution in [1.82, 2.24) is 14.7 Å². The number of hydrogen-bond donors (Lipinski definition) is 0. The Morgan fingerprint density at radius 3 is 2.81 bits per heavy atom. The van der Waals surface area contributed by atoms with Gasteiger partial charge in [0, 0.05) is 39.5 Å². The van der Waals surface area contributed by atoms with E-state index >= 15 is 0 Å². The van der Waals surface area contributed by atoms with E-state index in [1.165, 1.54) is 0 Å². The van der Waals surface area contributed by atoms with Gasteiger partial charge >= 0.3 is 0 Å². The van der Waals surface area contributed by atoms with Gasteiger partial charge in [-0.05, 0) is 18.9 Å². The van der Waals surface area contributed by atoms with Crippen molar-refractivity contribution >= 4 is 5.91 Å². The highest BCUT2D eigenvalue weighted by molar-refractivity contribution is 5.92. The number of nitrogens with zero attached hydrogens (tertiary/aromatic N) is 3. The third kappa shape index (κ3) is 2.09. The summed E-state index contributed by atoms with van der Waals surface area (Å²) in [5, 5.41) is 4.01. The predicted molar refractivity (Wildman–Crippen MR) is 59.1 cm³/mol. The van der Waals surface area contributed by atoms with Crippen LogP contribution in [-0.2, 0) is 11.8 Å². The molecule has 0 aliphatic carbocycles. The molecule has 1 aromatic heterocycles. The monoisotopic (exact) mass is 223 g/mol. The van der Waals surface area contributed by atoms with Crippen LogP contribution in [0.4, 0.5) is 0 Å². The van der Waals surface area contributed by atoms with E-state index in [1.54, 1.807) is 28.9 Å².